The first-order valence-electron chi connectivity index (χ1n) is 5.33. The van der Waals surface area contributed by atoms with Crippen molar-refractivity contribution in [1.29, 1.82) is 0 Å². The second-order valence-electron chi connectivity index (χ2n) is 4.13. The van der Waals surface area contributed by atoms with Crippen LogP contribution in [0.5, 0.6) is 0 Å². The Morgan fingerprint density at radius 2 is 2.20 bits per heavy atom. The Kier molecular flexibility index (Phi) is 2.73. The molecule has 1 heterocycles. The van der Waals surface area contributed by atoms with Crippen LogP contribution in [0.15, 0.2) is 24.4 Å². The minimum Gasteiger partial charge on any atom is -0.316 e. The molecule has 0 saturated carbocycles. The number of rotatable bonds is 3. The van der Waals surface area contributed by atoms with Crippen LogP contribution in [-0.4, -0.2) is 16.8 Å². The van der Waals surface area contributed by atoms with E-state index in [-0.39, 0.29) is 0 Å². The minimum atomic E-state index is 0.421. The Hall–Kier alpha value is -1.35. The molecule has 2 aromatic rings. The first kappa shape index (κ1) is 10.2. The van der Waals surface area contributed by atoms with Gasteiger partial charge in [-0.1, -0.05) is 12.1 Å². The summed E-state index contributed by atoms with van der Waals surface area (Å²) in [6, 6.07) is 6.84. The van der Waals surface area contributed by atoms with Crippen molar-refractivity contribution in [3.8, 4) is 0 Å². The molecule has 0 aliphatic heterocycles. The van der Waals surface area contributed by atoms with E-state index in [0.717, 1.165) is 12.1 Å². The molecular weight excluding hydrogens is 186 g/mol. The highest BCUT2D eigenvalue weighted by Crippen LogP contribution is 2.16. The van der Waals surface area contributed by atoms with Gasteiger partial charge in [-0.25, -0.2) is 0 Å². The highest BCUT2D eigenvalue weighted by atomic mass is 15.3. The summed E-state index contributed by atoms with van der Waals surface area (Å²) in [7, 11) is 1.96. The van der Waals surface area contributed by atoms with Crippen molar-refractivity contribution in [2.45, 2.75) is 26.4 Å². The molecule has 3 nitrogen and oxygen atoms in total. The summed E-state index contributed by atoms with van der Waals surface area (Å²) >= 11 is 0. The average molecular weight is 203 g/mol. The van der Waals surface area contributed by atoms with Gasteiger partial charge in [-0.15, -0.1) is 0 Å². The van der Waals surface area contributed by atoms with Crippen LogP contribution in [0, 0.1) is 0 Å². The van der Waals surface area contributed by atoms with Crippen LogP contribution in [0.4, 0.5) is 0 Å². The van der Waals surface area contributed by atoms with Crippen LogP contribution in [0.25, 0.3) is 10.9 Å². The van der Waals surface area contributed by atoms with Crippen LogP contribution >= 0.6 is 0 Å². The molecule has 0 unspecified atom stereocenters. The summed E-state index contributed by atoms with van der Waals surface area (Å²) in [6.45, 7) is 5.17. The van der Waals surface area contributed by atoms with E-state index in [1.165, 1.54) is 10.9 Å². The molecule has 15 heavy (non-hydrogen) atoms. The van der Waals surface area contributed by atoms with Crippen LogP contribution in [-0.2, 0) is 6.54 Å². The summed E-state index contributed by atoms with van der Waals surface area (Å²) in [4.78, 5) is 0. The zero-order valence-corrected chi connectivity index (χ0v) is 9.49. The monoisotopic (exact) mass is 203 g/mol. The van der Waals surface area contributed by atoms with Crippen molar-refractivity contribution in [3.63, 3.8) is 0 Å². The highest BCUT2D eigenvalue weighted by molar-refractivity contribution is 5.78. The first-order valence-corrected chi connectivity index (χ1v) is 5.33. The fraction of sp³-hybridized carbons (Fsp3) is 0.417. The molecule has 0 radical (unpaired) electrons. The molecule has 0 aliphatic carbocycles. The molecule has 2 rings (SSSR count). The van der Waals surface area contributed by atoms with Crippen molar-refractivity contribution in [1.82, 2.24) is 15.1 Å². The number of hydrogen-bond acceptors (Lipinski definition) is 2. The maximum Gasteiger partial charge on any atom is 0.0926 e. The Morgan fingerprint density at radius 3 is 2.87 bits per heavy atom. The predicted octanol–water partition coefficient (Wildman–Crippen LogP) is 2.34. The van der Waals surface area contributed by atoms with Crippen LogP contribution in [0.1, 0.15) is 25.5 Å². The average Bonchev–Trinajstić information content (AvgIpc) is 2.61. The molecule has 0 bridgehead atoms. The minimum absolute atomic E-state index is 0.421. The molecule has 0 saturated heterocycles. The summed E-state index contributed by atoms with van der Waals surface area (Å²) in [5, 5.41) is 8.90. The fourth-order valence-corrected chi connectivity index (χ4v) is 1.66. The summed E-state index contributed by atoms with van der Waals surface area (Å²) in [5.74, 6) is 0. The highest BCUT2D eigenvalue weighted by Gasteiger charge is 2.03. The van der Waals surface area contributed by atoms with Crippen molar-refractivity contribution in [2.24, 2.45) is 0 Å². The lowest BCUT2D eigenvalue weighted by Crippen LogP contribution is -2.04. The van der Waals surface area contributed by atoms with E-state index in [9.17, 15) is 0 Å². The van der Waals surface area contributed by atoms with Crippen molar-refractivity contribution in [3.05, 3.63) is 30.0 Å². The maximum atomic E-state index is 4.54. The molecule has 0 atom stereocenters. The normalized spacial score (nSPS) is 11.5. The van der Waals surface area contributed by atoms with Crippen LogP contribution < -0.4 is 5.32 Å². The van der Waals surface area contributed by atoms with E-state index in [2.05, 4.69) is 48.7 Å². The van der Waals surface area contributed by atoms with E-state index < -0.39 is 0 Å². The van der Waals surface area contributed by atoms with Gasteiger partial charge < -0.3 is 5.32 Å². The predicted molar refractivity (Wildman–Crippen MR) is 62.9 cm³/mol. The maximum absolute atomic E-state index is 4.54. The van der Waals surface area contributed by atoms with Gasteiger partial charge in [0.1, 0.15) is 0 Å². The van der Waals surface area contributed by atoms with Gasteiger partial charge in [-0.2, -0.15) is 5.10 Å². The van der Waals surface area contributed by atoms with Gasteiger partial charge in [0.2, 0.25) is 0 Å². The zero-order valence-electron chi connectivity index (χ0n) is 9.49. The van der Waals surface area contributed by atoms with E-state index >= 15 is 0 Å². The molecule has 1 N–H and O–H groups in total. The van der Waals surface area contributed by atoms with Crippen molar-refractivity contribution < 1.29 is 0 Å². The van der Waals surface area contributed by atoms with Gasteiger partial charge in [0.15, 0.2) is 0 Å². The lowest BCUT2D eigenvalue weighted by molar-refractivity contribution is 0.537. The Bertz CT molecular complexity index is 457. The van der Waals surface area contributed by atoms with E-state index in [1.807, 2.05) is 11.7 Å². The number of nitrogens with zero attached hydrogens (tertiary/aromatic N) is 2. The molecule has 0 amide bonds. The number of fused-ring (bicyclic) bond motifs is 1. The first-order chi connectivity index (χ1) is 7.20. The van der Waals surface area contributed by atoms with Crippen molar-refractivity contribution in [2.75, 3.05) is 7.05 Å². The third-order valence-electron chi connectivity index (χ3n) is 2.50. The lowest BCUT2D eigenvalue weighted by atomic mass is 10.2. The van der Waals surface area contributed by atoms with Crippen molar-refractivity contribution >= 4 is 10.9 Å². The molecule has 0 fully saturated rings. The number of nitrogens with one attached hydrogen (secondary N) is 1. The zero-order chi connectivity index (χ0) is 10.8. The number of aromatic nitrogens is 2. The molecule has 1 aromatic carbocycles. The van der Waals surface area contributed by atoms with E-state index in [1.54, 1.807) is 0 Å². The van der Waals surface area contributed by atoms with Gasteiger partial charge in [0.05, 0.1) is 5.52 Å². The van der Waals surface area contributed by atoms with Crippen LogP contribution in [0.2, 0.25) is 0 Å². The molecule has 80 valence electrons. The summed E-state index contributed by atoms with van der Waals surface area (Å²) < 4.78 is 2.01. The number of hydrogen-bond donors (Lipinski definition) is 1. The van der Waals surface area contributed by atoms with Gasteiger partial charge in [-0.05, 0) is 32.5 Å². The quantitative estimate of drug-likeness (QED) is 0.829. The SMILES string of the molecule is CNCc1ccc2cn(C(C)C)nc2c1. The molecule has 3 heteroatoms. The second kappa shape index (κ2) is 4.03. The van der Waals surface area contributed by atoms with Gasteiger partial charge in [-0.3, -0.25) is 4.68 Å². The van der Waals surface area contributed by atoms with E-state index in [0.29, 0.717) is 6.04 Å². The number of benzene rings is 1. The second-order valence-corrected chi connectivity index (χ2v) is 4.13. The Balaban J connectivity index is 2.43. The fourth-order valence-electron chi connectivity index (χ4n) is 1.66. The molecule has 0 aliphatic rings. The smallest absolute Gasteiger partial charge is 0.0926 e. The molecular formula is C12H17N3. The third-order valence-corrected chi connectivity index (χ3v) is 2.50. The summed E-state index contributed by atoms with van der Waals surface area (Å²) in [5.41, 5.74) is 2.36. The lowest BCUT2D eigenvalue weighted by Gasteiger charge is -2.02. The third kappa shape index (κ3) is 2.02. The largest absolute Gasteiger partial charge is 0.316 e. The summed E-state index contributed by atoms with van der Waals surface area (Å²) in [6.07, 6.45) is 2.10. The Morgan fingerprint density at radius 1 is 1.40 bits per heavy atom. The van der Waals surface area contributed by atoms with Crippen LogP contribution in [0.3, 0.4) is 0 Å². The van der Waals surface area contributed by atoms with Gasteiger partial charge >= 0.3 is 0 Å². The Labute approximate surface area is 90.1 Å². The standard InChI is InChI=1S/C12H17N3/c1-9(2)15-8-11-5-4-10(7-13-3)6-12(11)14-15/h4-6,8-9,13H,7H2,1-3H3. The van der Waals surface area contributed by atoms with E-state index in [4.69, 9.17) is 0 Å². The molecule has 1 aromatic heterocycles. The van der Waals surface area contributed by atoms with Gasteiger partial charge in [0, 0.05) is 24.2 Å². The topological polar surface area (TPSA) is 29.9 Å². The molecule has 0 spiro atoms. The van der Waals surface area contributed by atoms with Gasteiger partial charge in [0.25, 0.3) is 0 Å².